The Balaban J connectivity index is 1.37. The number of amides is 1. The fraction of sp³-hybridized carbons (Fsp3) is 0.174. The minimum Gasteiger partial charge on any atom is -0.484 e. The van der Waals surface area contributed by atoms with E-state index in [9.17, 15) is 9.59 Å². The summed E-state index contributed by atoms with van der Waals surface area (Å²) in [5.74, 6) is 0.816. The van der Waals surface area contributed by atoms with Crippen molar-refractivity contribution >= 4 is 33.9 Å². The Morgan fingerprint density at radius 1 is 1.26 bits per heavy atom. The third-order valence-electron chi connectivity index (χ3n) is 5.13. The van der Waals surface area contributed by atoms with Crippen LogP contribution in [-0.2, 0) is 4.79 Å². The van der Waals surface area contributed by atoms with E-state index in [1.165, 1.54) is 11.1 Å². The molecule has 0 saturated heterocycles. The largest absolute Gasteiger partial charge is 0.484 e. The van der Waals surface area contributed by atoms with Crippen LogP contribution in [0.2, 0.25) is 0 Å². The monoisotopic (exact) mass is 434 g/mol. The van der Waals surface area contributed by atoms with Gasteiger partial charge in [-0.3, -0.25) is 4.79 Å². The SMILES string of the molecule is Cc1cc(=O)oc2cc(OCC(=O)N3N=C(c4cccs4)C[C@@H]3c3ccco3)ccc12. The maximum absolute atomic E-state index is 13.0. The van der Waals surface area contributed by atoms with E-state index >= 15 is 0 Å². The number of hydrogen-bond acceptors (Lipinski definition) is 7. The Bertz CT molecular complexity index is 1320. The average molecular weight is 434 g/mol. The molecule has 0 spiro atoms. The van der Waals surface area contributed by atoms with E-state index in [2.05, 4.69) is 5.10 Å². The Morgan fingerprint density at radius 2 is 2.16 bits per heavy atom. The number of nitrogens with zero attached hydrogens (tertiary/aromatic N) is 2. The van der Waals surface area contributed by atoms with Crippen molar-refractivity contribution in [3.8, 4) is 5.75 Å². The molecule has 31 heavy (non-hydrogen) atoms. The second-order valence-electron chi connectivity index (χ2n) is 7.19. The molecule has 0 unspecified atom stereocenters. The summed E-state index contributed by atoms with van der Waals surface area (Å²) < 4.78 is 16.5. The zero-order chi connectivity index (χ0) is 21.4. The number of fused-ring (bicyclic) bond motifs is 1. The van der Waals surface area contributed by atoms with E-state index in [1.807, 2.05) is 36.6 Å². The average Bonchev–Trinajstić information content (AvgIpc) is 3.52. The van der Waals surface area contributed by atoms with Crippen LogP contribution in [0.25, 0.3) is 11.0 Å². The van der Waals surface area contributed by atoms with Gasteiger partial charge < -0.3 is 13.6 Å². The smallest absolute Gasteiger partial charge is 0.336 e. The third-order valence-corrected chi connectivity index (χ3v) is 6.05. The molecule has 0 radical (unpaired) electrons. The number of hydrazone groups is 1. The number of carbonyl (C=O) groups is 1. The molecule has 4 aromatic rings. The second kappa shape index (κ2) is 7.88. The molecule has 5 rings (SSSR count). The van der Waals surface area contributed by atoms with Gasteiger partial charge in [0.25, 0.3) is 5.91 Å². The third kappa shape index (κ3) is 3.77. The number of carbonyl (C=O) groups excluding carboxylic acids is 1. The van der Waals surface area contributed by atoms with Crippen molar-refractivity contribution in [3.63, 3.8) is 0 Å². The molecular formula is C23H18N2O5S. The van der Waals surface area contributed by atoms with Crippen LogP contribution >= 0.6 is 11.3 Å². The lowest BCUT2D eigenvalue weighted by molar-refractivity contribution is -0.135. The van der Waals surface area contributed by atoms with Crippen LogP contribution in [0.3, 0.4) is 0 Å². The highest BCUT2D eigenvalue weighted by atomic mass is 32.1. The number of hydrogen-bond donors (Lipinski definition) is 0. The molecule has 1 aliphatic rings. The molecule has 3 aromatic heterocycles. The normalized spacial score (nSPS) is 16.0. The fourth-order valence-electron chi connectivity index (χ4n) is 3.64. The van der Waals surface area contributed by atoms with Crippen molar-refractivity contribution < 1.29 is 18.4 Å². The van der Waals surface area contributed by atoms with Gasteiger partial charge in [-0.15, -0.1) is 11.3 Å². The molecule has 0 fully saturated rings. The van der Waals surface area contributed by atoms with Crippen LogP contribution in [0.1, 0.15) is 28.7 Å². The minimum atomic E-state index is -0.424. The highest BCUT2D eigenvalue weighted by Gasteiger charge is 2.35. The van der Waals surface area contributed by atoms with Gasteiger partial charge >= 0.3 is 5.63 Å². The molecule has 7 nitrogen and oxygen atoms in total. The molecule has 8 heteroatoms. The first-order valence-electron chi connectivity index (χ1n) is 9.72. The minimum absolute atomic E-state index is 0.208. The standard InChI is InChI=1S/C23H18N2O5S/c1-14-10-23(27)30-20-11-15(6-7-16(14)20)29-13-22(26)25-18(19-4-2-8-28-19)12-17(24-25)21-5-3-9-31-21/h2-11,18H,12-13H2,1H3/t18-/m1/s1. The van der Waals surface area contributed by atoms with Gasteiger partial charge in [0.15, 0.2) is 6.61 Å². The number of benzene rings is 1. The van der Waals surface area contributed by atoms with E-state index < -0.39 is 5.63 Å². The molecule has 0 saturated carbocycles. The predicted octanol–water partition coefficient (Wildman–Crippen LogP) is 4.51. The maximum atomic E-state index is 13.0. The molecule has 0 N–H and O–H groups in total. The summed E-state index contributed by atoms with van der Waals surface area (Å²) in [5, 5.41) is 8.79. The van der Waals surface area contributed by atoms with Gasteiger partial charge in [0.2, 0.25) is 0 Å². The van der Waals surface area contributed by atoms with Gasteiger partial charge in [-0.1, -0.05) is 6.07 Å². The summed E-state index contributed by atoms with van der Waals surface area (Å²) in [6.45, 7) is 1.63. The second-order valence-corrected chi connectivity index (χ2v) is 8.14. The number of ether oxygens (including phenoxy) is 1. The van der Waals surface area contributed by atoms with Crippen LogP contribution in [-0.4, -0.2) is 23.2 Å². The summed E-state index contributed by atoms with van der Waals surface area (Å²) in [5.41, 5.74) is 1.66. The lowest BCUT2D eigenvalue weighted by Gasteiger charge is -2.20. The first kappa shape index (κ1) is 19.3. The zero-order valence-electron chi connectivity index (χ0n) is 16.6. The van der Waals surface area contributed by atoms with Gasteiger partial charge in [0, 0.05) is 23.9 Å². The van der Waals surface area contributed by atoms with Gasteiger partial charge in [-0.2, -0.15) is 5.10 Å². The maximum Gasteiger partial charge on any atom is 0.336 e. The van der Waals surface area contributed by atoms with Gasteiger partial charge in [-0.25, -0.2) is 9.80 Å². The van der Waals surface area contributed by atoms with Crippen molar-refractivity contribution in [2.45, 2.75) is 19.4 Å². The summed E-state index contributed by atoms with van der Waals surface area (Å²) >= 11 is 1.58. The number of rotatable bonds is 5. The first-order chi connectivity index (χ1) is 15.1. The van der Waals surface area contributed by atoms with E-state index in [4.69, 9.17) is 13.6 Å². The van der Waals surface area contributed by atoms with Crippen molar-refractivity contribution in [2.24, 2.45) is 5.10 Å². The van der Waals surface area contributed by atoms with Gasteiger partial charge in [0.05, 0.1) is 16.9 Å². The molecule has 4 heterocycles. The molecule has 0 aliphatic carbocycles. The summed E-state index contributed by atoms with van der Waals surface area (Å²) in [7, 11) is 0. The number of aryl methyl sites for hydroxylation is 1. The lowest BCUT2D eigenvalue weighted by Crippen LogP contribution is -2.31. The Kier molecular flexibility index (Phi) is 4.91. The molecule has 156 valence electrons. The Morgan fingerprint density at radius 3 is 2.94 bits per heavy atom. The van der Waals surface area contributed by atoms with Crippen LogP contribution in [0.15, 0.2) is 78.9 Å². The summed E-state index contributed by atoms with van der Waals surface area (Å²) in [4.78, 5) is 25.7. The van der Waals surface area contributed by atoms with Crippen molar-refractivity contribution in [1.29, 1.82) is 0 Å². The van der Waals surface area contributed by atoms with Gasteiger partial charge in [0.1, 0.15) is 23.1 Å². The van der Waals surface area contributed by atoms with Crippen molar-refractivity contribution in [2.75, 3.05) is 6.61 Å². The molecule has 1 aromatic carbocycles. The highest BCUT2D eigenvalue weighted by Crippen LogP contribution is 2.34. The Hall–Kier alpha value is -3.65. The van der Waals surface area contributed by atoms with E-state index in [0.717, 1.165) is 21.5 Å². The first-order valence-corrected chi connectivity index (χ1v) is 10.6. The van der Waals surface area contributed by atoms with Crippen LogP contribution < -0.4 is 10.4 Å². The summed E-state index contributed by atoms with van der Waals surface area (Å²) in [6, 6.07) is 13.9. The Labute approximate surface area is 181 Å². The van der Waals surface area contributed by atoms with E-state index in [1.54, 1.807) is 35.8 Å². The molecule has 1 atom stereocenters. The molecule has 0 bridgehead atoms. The molecule has 1 aliphatic heterocycles. The lowest BCUT2D eigenvalue weighted by atomic mass is 10.1. The van der Waals surface area contributed by atoms with Crippen molar-refractivity contribution in [1.82, 2.24) is 5.01 Å². The van der Waals surface area contributed by atoms with E-state index in [0.29, 0.717) is 23.5 Å². The quantitative estimate of drug-likeness (QED) is 0.432. The zero-order valence-corrected chi connectivity index (χ0v) is 17.4. The number of furan rings is 1. The van der Waals surface area contributed by atoms with Crippen LogP contribution in [0.5, 0.6) is 5.75 Å². The topological polar surface area (TPSA) is 85.2 Å². The fourth-order valence-corrected chi connectivity index (χ4v) is 4.36. The van der Waals surface area contributed by atoms with Crippen molar-refractivity contribution in [3.05, 3.63) is 86.8 Å². The molecule has 1 amide bonds. The van der Waals surface area contributed by atoms with Gasteiger partial charge in [-0.05, 0) is 48.2 Å². The predicted molar refractivity (Wildman–Crippen MR) is 116 cm³/mol. The van der Waals surface area contributed by atoms with Crippen LogP contribution in [0, 0.1) is 6.92 Å². The molecular weight excluding hydrogens is 416 g/mol. The number of thiophene rings is 1. The van der Waals surface area contributed by atoms with E-state index in [-0.39, 0.29) is 18.6 Å². The van der Waals surface area contributed by atoms with Crippen LogP contribution in [0.4, 0.5) is 0 Å². The highest BCUT2D eigenvalue weighted by molar-refractivity contribution is 7.12. The summed E-state index contributed by atoms with van der Waals surface area (Å²) in [6.07, 6.45) is 2.16.